The van der Waals surface area contributed by atoms with Gasteiger partial charge in [-0.1, -0.05) is 107 Å². The van der Waals surface area contributed by atoms with Crippen LogP contribution in [0, 0.1) is 0 Å². The van der Waals surface area contributed by atoms with Crippen molar-refractivity contribution in [1.29, 1.82) is 0 Å². The first-order valence-corrected chi connectivity index (χ1v) is 16.8. The molecule has 0 radical (unpaired) electrons. The highest BCUT2D eigenvalue weighted by Crippen LogP contribution is 2.52. The van der Waals surface area contributed by atoms with Crippen molar-refractivity contribution in [3.05, 3.63) is 144 Å². The zero-order chi connectivity index (χ0) is 33.1. The molecular formula is C43H32N6. The van der Waals surface area contributed by atoms with Crippen LogP contribution >= 0.6 is 0 Å². The Morgan fingerprint density at radius 1 is 0.469 bits per heavy atom. The molecule has 0 saturated carbocycles. The van der Waals surface area contributed by atoms with Crippen molar-refractivity contribution >= 4 is 22.1 Å². The number of nitrogens with zero attached hydrogens (tertiary/aromatic N) is 6. The molecule has 4 aromatic heterocycles. The summed E-state index contributed by atoms with van der Waals surface area (Å²) in [6.45, 7) is 9.19. The Bertz CT molecular complexity index is 2630. The molecule has 0 aliphatic heterocycles. The van der Waals surface area contributed by atoms with Crippen LogP contribution in [0.3, 0.4) is 0 Å². The molecule has 49 heavy (non-hydrogen) atoms. The third-order valence-corrected chi connectivity index (χ3v) is 10.8. The first-order valence-electron chi connectivity index (χ1n) is 16.8. The lowest BCUT2D eigenvalue weighted by molar-refractivity contribution is 0.660. The van der Waals surface area contributed by atoms with Crippen molar-refractivity contribution in [3.8, 4) is 51.0 Å². The van der Waals surface area contributed by atoms with E-state index in [1.807, 2.05) is 29.1 Å². The van der Waals surface area contributed by atoms with Gasteiger partial charge in [0.15, 0.2) is 11.6 Å². The molecule has 4 heterocycles. The molecular weight excluding hydrogens is 601 g/mol. The zero-order valence-corrected chi connectivity index (χ0v) is 27.7. The first-order chi connectivity index (χ1) is 23.8. The Kier molecular flexibility index (Phi) is 5.59. The quantitative estimate of drug-likeness (QED) is 0.194. The first kappa shape index (κ1) is 28.0. The Morgan fingerprint density at radius 3 is 1.78 bits per heavy atom. The van der Waals surface area contributed by atoms with Gasteiger partial charge in [-0.2, -0.15) is 9.97 Å². The lowest BCUT2D eigenvalue weighted by atomic mass is 9.82. The van der Waals surface area contributed by atoms with Crippen molar-refractivity contribution in [1.82, 2.24) is 29.5 Å². The van der Waals surface area contributed by atoms with E-state index in [-0.39, 0.29) is 10.8 Å². The van der Waals surface area contributed by atoms with Crippen LogP contribution < -0.4 is 0 Å². The fourth-order valence-electron chi connectivity index (χ4n) is 8.37. The number of pyridine rings is 2. The van der Waals surface area contributed by atoms with Crippen LogP contribution in [0.2, 0.25) is 0 Å². The number of fused-ring (bicyclic) bond motifs is 9. The van der Waals surface area contributed by atoms with Crippen LogP contribution in [0.1, 0.15) is 49.9 Å². The normalized spacial score (nSPS) is 14.9. The van der Waals surface area contributed by atoms with Crippen LogP contribution in [0.4, 0.5) is 0 Å². The number of hydrogen-bond donors (Lipinski definition) is 0. The molecule has 0 spiro atoms. The third-order valence-electron chi connectivity index (χ3n) is 10.8. The topological polar surface area (TPSA) is 69.4 Å². The van der Waals surface area contributed by atoms with Gasteiger partial charge < -0.3 is 0 Å². The smallest absolute Gasteiger partial charge is 0.241 e. The van der Waals surface area contributed by atoms with E-state index in [2.05, 4.69) is 125 Å². The molecule has 2 aliphatic carbocycles. The Labute approximate surface area is 284 Å². The summed E-state index contributed by atoms with van der Waals surface area (Å²) >= 11 is 0. The van der Waals surface area contributed by atoms with Gasteiger partial charge >= 0.3 is 0 Å². The van der Waals surface area contributed by atoms with Crippen molar-refractivity contribution in [2.75, 3.05) is 0 Å². The Hall–Kier alpha value is -6.01. The largest absolute Gasteiger partial charge is 0.245 e. The Balaban J connectivity index is 1.27. The number of hydrogen-bond acceptors (Lipinski definition) is 5. The summed E-state index contributed by atoms with van der Waals surface area (Å²) in [7, 11) is 0. The number of benzene rings is 4. The minimum absolute atomic E-state index is 0.0923. The minimum atomic E-state index is -0.151. The second kappa shape index (κ2) is 9.77. The molecule has 0 saturated heterocycles. The third kappa shape index (κ3) is 3.80. The van der Waals surface area contributed by atoms with Gasteiger partial charge in [0.25, 0.3) is 0 Å². The molecule has 234 valence electrons. The van der Waals surface area contributed by atoms with Gasteiger partial charge in [0, 0.05) is 45.1 Å². The average Bonchev–Trinajstić information content (AvgIpc) is 3.69. The van der Waals surface area contributed by atoms with Crippen LogP contribution in [0.15, 0.2) is 122 Å². The second-order valence-corrected chi connectivity index (χ2v) is 14.2. The highest BCUT2D eigenvalue weighted by molar-refractivity contribution is 6.06. The molecule has 0 bridgehead atoms. The van der Waals surface area contributed by atoms with Crippen molar-refractivity contribution in [2.24, 2.45) is 0 Å². The maximum absolute atomic E-state index is 5.28. The highest BCUT2D eigenvalue weighted by atomic mass is 15.2. The monoisotopic (exact) mass is 632 g/mol. The maximum Gasteiger partial charge on any atom is 0.241 e. The second-order valence-electron chi connectivity index (χ2n) is 14.2. The van der Waals surface area contributed by atoms with Gasteiger partial charge in [-0.05, 0) is 74.8 Å². The van der Waals surface area contributed by atoms with Gasteiger partial charge in [-0.3, -0.25) is 0 Å². The van der Waals surface area contributed by atoms with Gasteiger partial charge in [0.1, 0.15) is 11.3 Å². The summed E-state index contributed by atoms with van der Waals surface area (Å²) in [4.78, 5) is 25.4. The average molecular weight is 633 g/mol. The van der Waals surface area contributed by atoms with Crippen LogP contribution in [-0.2, 0) is 10.8 Å². The predicted molar refractivity (Wildman–Crippen MR) is 196 cm³/mol. The van der Waals surface area contributed by atoms with Crippen molar-refractivity contribution in [3.63, 3.8) is 0 Å². The summed E-state index contributed by atoms with van der Waals surface area (Å²) < 4.78 is 1.98. The summed E-state index contributed by atoms with van der Waals surface area (Å²) in [6.07, 6.45) is 3.62. The molecule has 6 heteroatoms. The molecule has 6 nitrogen and oxygen atoms in total. The van der Waals surface area contributed by atoms with Gasteiger partial charge in [0.2, 0.25) is 5.95 Å². The SMILES string of the molecule is CC1(C)c2ccccc2-c2cc(-c3nc(-c4cccc5c4-c4ccccc4C5(C)C)nc(-n4c5ncccc5c5cccnc54)n3)ccc21. The van der Waals surface area contributed by atoms with Crippen molar-refractivity contribution in [2.45, 2.75) is 38.5 Å². The van der Waals surface area contributed by atoms with Gasteiger partial charge in [0.05, 0.1) is 0 Å². The van der Waals surface area contributed by atoms with Crippen molar-refractivity contribution < 1.29 is 0 Å². The fraction of sp³-hybridized carbons (Fsp3) is 0.140. The lowest BCUT2D eigenvalue weighted by Gasteiger charge is -2.21. The molecule has 10 rings (SSSR count). The lowest BCUT2D eigenvalue weighted by Crippen LogP contribution is -2.15. The Morgan fingerprint density at radius 2 is 1.04 bits per heavy atom. The van der Waals surface area contributed by atoms with E-state index < -0.39 is 0 Å². The molecule has 0 unspecified atom stereocenters. The molecule has 2 aliphatic rings. The van der Waals surface area contributed by atoms with E-state index in [1.54, 1.807) is 0 Å². The molecule has 0 atom stereocenters. The summed E-state index contributed by atoms with van der Waals surface area (Å²) in [6, 6.07) is 38.6. The van der Waals surface area contributed by atoms with E-state index in [1.165, 1.54) is 44.5 Å². The summed E-state index contributed by atoms with van der Waals surface area (Å²) in [5.41, 5.74) is 13.3. The maximum atomic E-state index is 5.28. The van der Waals surface area contributed by atoms with E-state index >= 15 is 0 Å². The highest BCUT2D eigenvalue weighted by Gasteiger charge is 2.38. The molecule has 0 N–H and O–H groups in total. The van der Waals surface area contributed by atoms with Crippen LogP contribution in [0.5, 0.6) is 0 Å². The zero-order valence-electron chi connectivity index (χ0n) is 27.7. The summed E-state index contributed by atoms with van der Waals surface area (Å²) in [5.74, 6) is 1.71. The summed E-state index contributed by atoms with van der Waals surface area (Å²) in [5, 5.41) is 2.00. The standard InChI is InChI=1S/C43H32N6/c1-42(2)32-17-7-5-12-26(32)31-24-25(20-21-34(31)42)37-46-38(30-14-9-19-35-36(30)29-13-6-8-18-33(29)43(35,3)4)48-41(47-37)49-39-27(15-10-22-44-39)28-16-11-23-45-40(28)49/h5-24H,1-4H3. The van der Waals surface area contributed by atoms with Gasteiger partial charge in [-0.25, -0.2) is 19.5 Å². The molecule has 0 fully saturated rings. The van der Waals surface area contributed by atoms with Gasteiger partial charge in [-0.15, -0.1) is 0 Å². The van der Waals surface area contributed by atoms with E-state index in [4.69, 9.17) is 24.9 Å². The molecule has 0 amide bonds. The van der Waals surface area contributed by atoms with E-state index in [9.17, 15) is 0 Å². The van der Waals surface area contributed by atoms with Crippen LogP contribution in [0.25, 0.3) is 73.0 Å². The predicted octanol–water partition coefficient (Wildman–Crippen LogP) is 9.71. The van der Waals surface area contributed by atoms with E-state index in [0.29, 0.717) is 17.6 Å². The van der Waals surface area contributed by atoms with Crippen LogP contribution in [-0.4, -0.2) is 29.5 Å². The van der Waals surface area contributed by atoms with E-state index in [0.717, 1.165) is 33.2 Å². The molecule has 8 aromatic rings. The number of aromatic nitrogens is 6. The number of rotatable bonds is 3. The minimum Gasteiger partial charge on any atom is -0.245 e. The fourth-order valence-corrected chi connectivity index (χ4v) is 8.37. The molecule has 4 aromatic carbocycles.